The van der Waals surface area contributed by atoms with Crippen LogP contribution in [0.1, 0.15) is 25.6 Å². The summed E-state index contributed by atoms with van der Waals surface area (Å²) in [6.07, 6.45) is 5.13. The number of anilines is 2. The molecule has 0 aliphatic heterocycles. The number of hydrogen-bond acceptors (Lipinski definition) is 4. The molecule has 2 aromatic rings. The van der Waals surface area contributed by atoms with Gasteiger partial charge in [-0.2, -0.15) is 5.10 Å². The summed E-state index contributed by atoms with van der Waals surface area (Å²) in [5.74, 6) is 0.322. The molecule has 6 nitrogen and oxygen atoms in total. The molecule has 2 aromatic heterocycles. The average molecular weight is 247 g/mol. The zero-order valence-electron chi connectivity index (χ0n) is 11.0. The molecule has 0 aliphatic carbocycles. The second-order valence-corrected chi connectivity index (χ2v) is 4.51. The van der Waals surface area contributed by atoms with Crippen LogP contribution in [0.5, 0.6) is 0 Å². The first-order chi connectivity index (χ1) is 8.49. The highest BCUT2D eigenvalue weighted by atomic mass is 16.1. The van der Waals surface area contributed by atoms with Crippen molar-refractivity contribution >= 4 is 11.5 Å². The van der Waals surface area contributed by atoms with Gasteiger partial charge in [-0.25, -0.2) is 4.98 Å². The summed E-state index contributed by atoms with van der Waals surface area (Å²) in [7, 11) is 1.84. The van der Waals surface area contributed by atoms with Crippen molar-refractivity contribution in [3.05, 3.63) is 34.6 Å². The predicted molar refractivity (Wildman–Crippen MR) is 70.1 cm³/mol. The molecule has 0 amide bonds. The summed E-state index contributed by atoms with van der Waals surface area (Å²) in [6, 6.07) is 0.107. The third-order valence-corrected chi connectivity index (χ3v) is 2.69. The van der Waals surface area contributed by atoms with Crippen LogP contribution < -0.4 is 10.9 Å². The molecular weight excluding hydrogens is 230 g/mol. The first-order valence-electron chi connectivity index (χ1n) is 5.83. The van der Waals surface area contributed by atoms with Gasteiger partial charge >= 0.3 is 0 Å². The molecule has 0 saturated heterocycles. The molecule has 6 heteroatoms. The average Bonchev–Trinajstić information content (AvgIpc) is 2.60. The summed E-state index contributed by atoms with van der Waals surface area (Å²) in [4.78, 5) is 16.2. The number of hydrogen-bond donors (Lipinski definition) is 1. The Bertz CT molecular complexity index is 611. The van der Waals surface area contributed by atoms with Crippen LogP contribution in [0.25, 0.3) is 0 Å². The fourth-order valence-corrected chi connectivity index (χ4v) is 1.77. The molecule has 1 N–H and O–H groups in total. The maximum Gasteiger partial charge on any atom is 0.293 e. The summed E-state index contributed by atoms with van der Waals surface area (Å²) in [6.45, 7) is 5.80. The maximum atomic E-state index is 12.1. The highest BCUT2D eigenvalue weighted by Gasteiger charge is 2.10. The van der Waals surface area contributed by atoms with E-state index >= 15 is 0 Å². The van der Waals surface area contributed by atoms with Crippen LogP contribution in [0, 0.1) is 6.92 Å². The van der Waals surface area contributed by atoms with Gasteiger partial charge in [0.15, 0.2) is 5.82 Å². The van der Waals surface area contributed by atoms with Gasteiger partial charge in [0, 0.05) is 31.7 Å². The van der Waals surface area contributed by atoms with Crippen molar-refractivity contribution in [2.75, 3.05) is 5.32 Å². The van der Waals surface area contributed by atoms with E-state index in [0.717, 1.165) is 11.4 Å². The van der Waals surface area contributed by atoms with Gasteiger partial charge in [0.25, 0.3) is 5.56 Å². The molecule has 2 rings (SSSR count). The number of rotatable bonds is 3. The molecule has 0 aliphatic rings. The first-order valence-corrected chi connectivity index (χ1v) is 5.83. The third-order valence-electron chi connectivity index (χ3n) is 2.69. The monoisotopic (exact) mass is 247 g/mol. The van der Waals surface area contributed by atoms with E-state index in [9.17, 15) is 4.79 Å². The molecule has 96 valence electrons. The van der Waals surface area contributed by atoms with Crippen LogP contribution in [0.15, 0.2) is 23.4 Å². The third kappa shape index (κ3) is 2.27. The second kappa shape index (κ2) is 4.64. The van der Waals surface area contributed by atoms with Gasteiger partial charge in [-0.05, 0) is 20.8 Å². The van der Waals surface area contributed by atoms with Crippen molar-refractivity contribution < 1.29 is 0 Å². The highest BCUT2D eigenvalue weighted by molar-refractivity contribution is 5.56. The van der Waals surface area contributed by atoms with Gasteiger partial charge in [0.2, 0.25) is 0 Å². The number of nitrogens with zero attached hydrogens (tertiary/aromatic N) is 4. The zero-order valence-corrected chi connectivity index (χ0v) is 11.0. The molecule has 0 bridgehead atoms. The maximum absolute atomic E-state index is 12.1. The second-order valence-electron chi connectivity index (χ2n) is 4.51. The van der Waals surface area contributed by atoms with Gasteiger partial charge in [-0.3, -0.25) is 9.48 Å². The number of nitrogens with one attached hydrogen (secondary N) is 1. The van der Waals surface area contributed by atoms with Crippen molar-refractivity contribution in [3.63, 3.8) is 0 Å². The van der Waals surface area contributed by atoms with E-state index in [2.05, 4.69) is 15.4 Å². The molecule has 0 radical (unpaired) electrons. The van der Waals surface area contributed by atoms with Crippen LogP contribution >= 0.6 is 0 Å². The smallest absolute Gasteiger partial charge is 0.293 e. The minimum atomic E-state index is -0.129. The molecule has 0 saturated carbocycles. The Morgan fingerprint density at radius 2 is 2.11 bits per heavy atom. The van der Waals surface area contributed by atoms with Crippen LogP contribution in [0.4, 0.5) is 11.5 Å². The molecule has 0 unspecified atom stereocenters. The van der Waals surface area contributed by atoms with Gasteiger partial charge in [-0.15, -0.1) is 0 Å². The van der Waals surface area contributed by atoms with E-state index in [-0.39, 0.29) is 11.6 Å². The van der Waals surface area contributed by atoms with E-state index in [1.54, 1.807) is 21.6 Å². The molecule has 0 aromatic carbocycles. The minimum Gasteiger partial charge on any atom is -0.333 e. The molecule has 0 spiro atoms. The number of aryl methyl sites for hydroxylation is 2. The molecule has 0 fully saturated rings. The first kappa shape index (κ1) is 12.3. The summed E-state index contributed by atoms with van der Waals surface area (Å²) >= 11 is 0. The fourth-order valence-electron chi connectivity index (χ4n) is 1.77. The topological polar surface area (TPSA) is 64.7 Å². The van der Waals surface area contributed by atoms with E-state index in [1.165, 1.54) is 0 Å². The van der Waals surface area contributed by atoms with Crippen molar-refractivity contribution in [2.24, 2.45) is 7.05 Å². The molecule has 2 heterocycles. The SMILES string of the molecule is Cc1nn(C)cc1Nc1nccn(C(C)C)c1=O. The number of aromatic nitrogens is 4. The molecule has 18 heavy (non-hydrogen) atoms. The van der Waals surface area contributed by atoms with Crippen molar-refractivity contribution in [1.29, 1.82) is 0 Å². The lowest BCUT2D eigenvalue weighted by Gasteiger charge is -2.11. The Morgan fingerprint density at radius 1 is 1.39 bits per heavy atom. The van der Waals surface area contributed by atoms with Crippen LogP contribution in [0.3, 0.4) is 0 Å². The fraction of sp³-hybridized carbons (Fsp3) is 0.417. The predicted octanol–water partition coefficient (Wildman–Crippen LogP) is 1.61. The summed E-state index contributed by atoms with van der Waals surface area (Å²) < 4.78 is 3.34. The quantitative estimate of drug-likeness (QED) is 0.895. The Labute approximate surface area is 105 Å². The lowest BCUT2D eigenvalue weighted by atomic mass is 10.3. The van der Waals surface area contributed by atoms with E-state index in [0.29, 0.717) is 5.82 Å². The standard InChI is InChI=1S/C12H17N5O/c1-8(2)17-6-5-13-11(12(17)18)14-10-7-16(4)15-9(10)3/h5-8H,1-4H3,(H,13,14). The zero-order chi connectivity index (χ0) is 13.3. The van der Waals surface area contributed by atoms with Crippen LogP contribution in [-0.4, -0.2) is 19.3 Å². The van der Waals surface area contributed by atoms with Crippen LogP contribution in [-0.2, 0) is 7.05 Å². The Hall–Kier alpha value is -2.11. The van der Waals surface area contributed by atoms with Gasteiger partial charge < -0.3 is 9.88 Å². The Balaban J connectivity index is 2.38. The van der Waals surface area contributed by atoms with E-state index in [4.69, 9.17) is 0 Å². The normalized spacial score (nSPS) is 10.9. The lowest BCUT2D eigenvalue weighted by Crippen LogP contribution is -2.24. The minimum absolute atomic E-state index is 0.107. The highest BCUT2D eigenvalue weighted by Crippen LogP contribution is 2.15. The largest absolute Gasteiger partial charge is 0.333 e. The van der Waals surface area contributed by atoms with Crippen molar-refractivity contribution in [3.8, 4) is 0 Å². The van der Waals surface area contributed by atoms with Crippen LogP contribution in [0.2, 0.25) is 0 Å². The van der Waals surface area contributed by atoms with Gasteiger partial charge in [0.1, 0.15) is 0 Å². The molecule has 0 atom stereocenters. The summed E-state index contributed by atoms with van der Waals surface area (Å²) in [5, 5.41) is 7.24. The Morgan fingerprint density at radius 3 is 2.67 bits per heavy atom. The van der Waals surface area contributed by atoms with Crippen molar-refractivity contribution in [2.45, 2.75) is 26.8 Å². The summed E-state index contributed by atoms with van der Waals surface area (Å²) in [5.41, 5.74) is 1.50. The lowest BCUT2D eigenvalue weighted by molar-refractivity contribution is 0.576. The van der Waals surface area contributed by atoms with Crippen molar-refractivity contribution in [1.82, 2.24) is 19.3 Å². The van der Waals surface area contributed by atoms with E-state index in [1.807, 2.05) is 34.0 Å². The van der Waals surface area contributed by atoms with Gasteiger partial charge in [0.05, 0.1) is 11.4 Å². The Kier molecular flexibility index (Phi) is 3.18. The van der Waals surface area contributed by atoms with E-state index < -0.39 is 0 Å². The molecular formula is C12H17N5O. The van der Waals surface area contributed by atoms with Gasteiger partial charge in [-0.1, -0.05) is 0 Å².